The van der Waals surface area contributed by atoms with Crippen LogP contribution in [0.4, 0.5) is 0 Å². The van der Waals surface area contributed by atoms with Gasteiger partial charge in [0.05, 0.1) is 6.04 Å². The molecule has 1 unspecified atom stereocenters. The molecule has 0 radical (unpaired) electrons. The normalized spacial score (nSPS) is 17.1. The van der Waals surface area contributed by atoms with Crippen LogP contribution in [0.2, 0.25) is 0 Å². The fourth-order valence-corrected chi connectivity index (χ4v) is 2.74. The molecular weight excluding hydrogens is 278 g/mol. The highest BCUT2D eigenvalue weighted by atomic mass is 16.3. The second-order valence-corrected chi connectivity index (χ2v) is 5.70. The molecular formula is C17H21N3O2. The molecule has 0 aliphatic carbocycles. The molecule has 0 bridgehead atoms. The Morgan fingerprint density at radius 2 is 2.05 bits per heavy atom. The molecule has 5 heteroatoms. The van der Waals surface area contributed by atoms with Crippen molar-refractivity contribution >= 4 is 5.91 Å². The van der Waals surface area contributed by atoms with E-state index < -0.39 is 0 Å². The van der Waals surface area contributed by atoms with E-state index >= 15 is 0 Å². The topological polar surface area (TPSA) is 67.2 Å². The van der Waals surface area contributed by atoms with Gasteiger partial charge in [-0.3, -0.25) is 4.79 Å². The van der Waals surface area contributed by atoms with Gasteiger partial charge in [0.25, 0.3) is 5.91 Å². The maximum Gasteiger partial charge on any atom is 0.273 e. The molecule has 1 aromatic carbocycles. The molecule has 2 N–H and O–H groups in total. The Bertz CT molecular complexity index is 618. The third-order valence-electron chi connectivity index (χ3n) is 4.09. The van der Waals surface area contributed by atoms with Gasteiger partial charge in [-0.05, 0) is 38.4 Å². The average Bonchev–Trinajstić information content (AvgIpc) is 3.06. The number of nitrogens with zero attached hydrogens (tertiary/aromatic N) is 1. The van der Waals surface area contributed by atoms with E-state index in [-0.39, 0.29) is 11.9 Å². The molecule has 116 valence electrons. The van der Waals surface area contributed by atoms with Crippen molar-refractivity contribution < 1.29 is 9.21 Å². The molecule has 1 aliphatic heterocycles. The summed E-state index contributed by atoms with van der Waals surface area (Å²) in [5.41, 5.74) is 1.43. The first-order valence-corrected chi connectivity index (χ1v) is 7.76. The van der Waals surface area contributed by atoms with Gasteiger partial charge in [-0.15, -0.1) is 0 Å². The lowest BCUT2D eigenvalue weighted by molar-refractivity contribution is 0.0934. The maximum atomic E-state index is 12.3. The van der Waals surface area contributed by atoms with E-state index in [1.165, 1.54) is 6.26 Å². The van der Waals surface area contributed by atoms with Crippen LogP contribution in [0.25, 0.3) is 0 Å². The number of hydrogen-bond donors (Lipinski definition) is 2. The summed E-state index contributed by atoms with van der Waals surface area (Å²) in [5.74, 6) is 0.800. The Kier molecular flexibility index (Phi) is 4.53. The molecule has 1 aromatic heterocycles. The lowest BCUT2D eigenvalue weighted by Gasteiger charge is -2.19. The van der Waals surface area contributed by atoms with Crippen molar-refractivity contribution in [2.75, 3.05) is 13.1 Å². The predicted molar refractivity (Wildman–Crippen MR) is 83.7 cm³/mol. The maximum absolute atomic E-state index is 12.3. The van der Waals surface area contributed by atoms with E-state index in [1.807, 2.05) is 37.3 Å². The third kappa shape index (κ3) is 3.36. The number of carbonyl (C=O) groups is 1. The SMILES string of the molecule is CC(NC(=O)c1coc(C2CCNCC2)n1)c1ccccc1. The predicted octanol–water partition coefficient (Wildman–Crippen LogP) is 2.63. The Morgan fingerprint density at radius 3 is 2.77 bits per heavy atom. The Hall–Kier alpha value is -2.14. The summed E-state index contributed by atoms with van der Waals surface area (Å²) in [7, 11) is 0. The number of piperidine rings is 1. The highest BCUT2D eigenvalue weighted by Crippen LogP contribution is 2.24. The lowest BCUT2D eigenvalue weighted by Crippen LogP contribution is -2.28. The highest BCUT2D eigenvalue weighted by molar-refractivity contribution is 5.92. The van der Waals surface area contributed by atoms with Crippen LogP contribution in [0.1, 0.15) is 53.7 Å². The fourth-order valence-electron chi connectivity index (χ4n) is 2.74. The van der Waals surface area contributed by atoms with Crippen LogP contribution < -0.4 is 10.6 Å². The van der Waals surface area contributed by atoms with Crippen LogP contribution in [-0.2, 0) is 0 Å². The van der Waals surface area contributed by atoms with Crippen molar-refractivity contribution in [2.45, 2.75) is 31.7 Å². The first kappa shape index (κ1) is 14.8. The van der Waals surface area contributed by atoms with Crippen LogP contribution in [0, 0.1) is 0 Å². The minimum atomic E-state index is -0.194. The second-order valence-electron chi connectivity index (χ2n) is 5.70. The summed E-state index contributed by atoms with van der Waals surface area (Å²) < 4.78 is 5.51. The molecule has 2 heterocycles. The van der Waals surface area contributed by atoms with Crippen LogP contribution in [0.5, 0.6) is 0 Å². The summed E-state index contributed by atoms with van der Waals surface area (Å²) in [4.78, 5) is 16.7. The smallest absolute Gasteiger partial charge is 0.273 e. The zero-order valence-electron chi connectivity index (χ0n) is 12.7. The van der Waals surface area contributed by atoms with Crippen LogP contribution in [0.15, 0.2) is 41.0 Å². The Balaban J connectivity index is 1.64. The monoisotopic (exact) mass is 299 g/mol. The number of aromatic nitrogens is 1. The Labute approximate surface area is 130 Å². The van der Waals surface area contributed by atoms with E-state index in [0.717, 1.165) is 31.5 Å². The number of carbonyl (C=O) groups excluding carboxylic acids is 1. The molecule has 3 rings (SSSR count). The van der Waals surface area contributed by atoms with E-state index in [0.29, 0.717) is 17.5 Å². The van der Waals surface area contributed by atoms with Gasteiger partial charge in [-0.2, -0.15) is 0 Å². The van der Waals surface area contributed by atoms with E-state index in [2.05, 4.69) is 15.6 Å². The second kappa shape index (κ2) is 6.75. The number of rotatable bonds is 4. The van der Waals surface area contributed by atoms with Gasteiger partial charge in [0.1, 0.15) is 6.26 Å². The molecule has 1 fully saturated rings. The third-order valence-corrected chi connectivity index (χ3v) is 4.09. The molecule has 0 saturated carbocycles. The molecule has 22 heavy (non-hydrogen) atoms. The van der Waals surface area contributed by atoms with Gasteiger partial charge in [-0.25, -0.2) is 4.98 Å². The van der Waals surface area contributed by atoms with Gasteiger partial charge in [0.15, 0.2) is 11.6 Å². The zero-order valence-corrected chi connectivity index (χ0v) is 12.7. The standard InChI is InChI=1S/C17H21N3O2/c1-12(13-5-3-2-4-6-13)19-16(21)15-11-22-17(20-15)14-7-9-18-10-8-14/h2-6,11-12,14,18H,7-10H2,1H3,(H,19,21). The van der Waals surface area contributed by atoms with Crippen LogP contribution >= 0.6 is 0 Å². The minimum absolute atomic E-state index is 0.0623. The van der Waals surface area contributed by atoms with Crippen molar-refractivity contribution in [3.8, 4) is 0 Å². The molecule has 1 saturated heterocycles. The highest BCUT2D eigenvalue weighted by Gasteiger charge is 2.22. The molecule has 5 nitrogen and oxygen atoms in total. The van der Waals surface area contributed by atoms with Crippen LogP contribution in [-0.4, -0.2) is 24.0 Å². The fraction of sp³-hybridized carbons (Fsp3) is 0.412. The first-order chi connectivity index (χ1) is 10.7. The number of amides is 1. The molecule has 1 atom stereocenters. The summed E-state index contributed by atoms with van der Waals surface area (Å²) in [5, 5.41) is 6.26. The van der Waals surface area contributed by atoms with Gasteiger partial charge < -0.3 is 15.1 Å². The van der Waals surface area contributed by atoms with Crippen molar-refractivity contribution in [3.05, 3.63) is 53.7 Å². The van der Waals surface area contributed by atoms with Crippen molar-refractivity contribution in [2.24, 2.45) is 0 Å². The summed E-state index contributed by atoms with van der Waals surface area (Å²) in [6.45, 7) is 3.90. The average molecular weight is 299 g/mol. The molecule has 1 amide bonds. The number of oxazole rings is 1. The zero-order chi connectivity index (χ0) is 15.4. The van der Waals surface area contributed by atoms with Gasteiger partial charge in [0, 0.05) is 5.92 Å². The molecule has 0 spiro atoms. The van der Waals surface area contributed by atoms with E-state index in [1.54, 1.807) is 0 Å². The van der Waals surface area contributed by atoms with Gasteiger partial charge in [0.2, 0.25) is 0 Å². The number of nitrogens with one attached hydrogen (secondary N) is 2. The van der Waals surface area contributed by atoms with Crippen molar-refractivity contribution in [1.82, 2.24) is 15.6 Å². The number of benzene rings is 1. The first-order valence-electron chi connectivity index (χ1n) is 7.76. The minimum Gasteiger partial charge on any atom is -0.448 e. The quantitative estimate of drug-likeness (QED) is 0.910. The molecule has 1 aliphatic rings. The summed E-state index contributed by atoms with van der Waals surface area (Å²) in [6, 6.07) is 9.81. The summed E-state index contributed by atoms with van der Waals surface area (Å²) >= 11 is 0. The van der Waals surface area contributed by atoms with Crippen molar-refractivity contribution in [1.29, 1.82) is 0 Å². The van der Waals surface area contributed by atoms with Gasteiger partial charge in [-0.1, -0.05) is 30.3 Å². The molecule has 2 aromatic rings. The Morgan fingerprint density at radius 1 is 1.32 bits per heavy atom. The van der Waals surface area contributed by atoms with E-state index in [4.69, 9.17) is 4.42 Å². The number of hydrogen-bond acceptors (Lipinski definition) is 4. The van der Waals surface area contributed by atoms with Gasteiger partial charge >= 0.3 is 0 Å². The summed E-state index contributed by atoms with van der Waals surface area (Å²) in [6.07, 6.45) is 3.47. The largest absolute Gasteiger partial charge is 0.448 e. The van der Waals surface area contributed by atoms with Crippen LogP contribution in [0.3, 0.4) is 0 Å². The lowest BCUT2D eigenvalue weighted by atomic mass is 9.98. The van der Waals surface area contributed by atoms with Crippen molar-refractivity contribution in [3.63, 3.8) is 0 Å². The van der Waals surface area contributed by atoms with E-state index in [9.17, 15) is 4.79 Å².